The molecule has 1 heterocycles. The van der Waals surface area contributed by atoms with Gasteiger partial charge in [0.1, 0.15) is 5.75 Å². The van der Waals surface area contributed by atoms with Crippen molar-refractivity contribution in [3.05, 3.63) is 66.2 Å². The lowest BCUT2D eigenvalue weighted by Crippen LogP contribution is -2.48. The van der Waals surface area contributed by atoms with Crippen LogP contribution in [0, 0.1) is 0 Å². The van der Waals surface area contributed by atoms with Gasteiger partial charge in [0.2, 0.25) is 5.91 Å². The van der Waals surface area contributed by atoms with Gasteiger partial charge in [-0.15, -0.1) is 0 Å². The third-order valence-electron chi connectivity index (χ3n) is 4.96. The van der Waals surface area contributed by atoms with Crippen molar-refractivity contribution in [3.63, 3.8) is 0 Å². The van der Waals surface area contributed by atoms with E-state index >= 15 is 0 Å². The van der Waals surface area contributed by atoms with Crippen LogP contribution in [0.5, 0.6) is 5.75 Å². The summed E-state index contributed by atoms with van der Waals surface area (Å²) >= 11 is 0. The summed E-state index contributed by atoms with van der Waals surface area (Å²) in [5, 5.41) is 3.29. The summed E-state index contributed by atoms with van der Waals surface area (Å²) in [5.41, 5.74) is 2.15. The van der Waals surface area contributed by atoms with Crippen molar-refractivity contribution in [1.82, 2.24) is 9.80 Å². The summed E-state index contributed by atoms with van der Waals surface area (Å²) in [6.45, 7) is 4.97. The minimum absolute atomic E-state index is 0.210. The molecule has 1 saturated heterocycles. The van der Waals surface area contributed by atoms with E-state index in [1.807, 2.05) is 47.4 Å². The molecule has 2 aromatic carbocycles. The van der Waals surface area contributed by atoms with Crippen LogP contribution in [-0.4, -0.2) is 62.1 Å². The van der Waals surface area contributed by atoms with E-state index in [2.05, 4.69) is 34.5 Å². The highest BCUT2D eigenvalue weighted by Crippen LogP contribution is 2.22. The van der Waals surface area contributed by atoms with Crippen LogP contribution in [0.3, 0.4) is 0 Å². The molecule has 0 aromatic heterocycles. The van der Waals surface area contributed by atoms with Crippen molar-refractivity contribution in [2.45, 2.75) is 6.42 Å². The first-order valence-corrected chi connectivity index (χ1v) is 9.85. The standard InChI is InChI=1S/C23H29N3O2/c1-28-22-12-6-5-11-21(22)24-14-13-23(27)26-18-16-25(17-19-26)15-7-10-20-8-3-2-4-9-20/h2-12,24H,13-19H2,1H3/b10-7+. The lowest BCUT2D eigenvalue weighted by molar-refractivity contribution is -0.132. The fourth-order valence-corrected chi connectivity index (χ4v) is 3.33. The molecular formula is C23H29N3O2. The largest absolute Gasteiger partial charge is 0.495 e. The molecule has 1 amide bonds. The molecule has 3 rings (SSSR count). The molecule has 1 fully saturated rings. The van der Waals surface area contributed by atoms with Crippen molar-refractivity contribution in [2.24, 2.45) is 0 Å². The van der Waals surface area contributed by atoms with Gasteiger partial charge in [0.15, 0.2) is 0 Å². The molecule has 28 heavy (non-hydrogen) atoms. The van der Waals surface area contributed by atoms with Crippen molar-refractivity contribution in [1.29, 1.82) is 0 Å². The number of nitrogens with one attached hydrogen (secondary N) is 1. The van der Waals surface area contributed by atoms with E-state index in [4.69, 9.17) is 4.74 Å². The zero-order chi connectivity index (χ0) is 19.6. The van der Waals surface area contributed by atoms with Crippen molar-refractivity contribution < 1.29 is 9.53 Å². The molecule has 0 radical (unpaired) electrons. The number of hydrogen-bond acceptors (Lipinski definition) is 4. The summed E-state index contributed by atoms with van der Waals surface area (Å²) in [6.07, 6.45) is 4.84. The van der Waals surface area contributed by atoms with E-state index in [1.165, 1.54) is 5.56 Å². The van der Waals surface area contributed by atoms with Crippen LogP contribution in [0.4, 0.5) is 5.69 Å². The van der Waals surface area contributed by atoms with Crippen LogP contribution in [-0.2, 0) is 4.79 Å². The van der Waals surface area contributed by atoms with Gasteiger partial charge in [-0.1, -0.05) is 54.6 Å². The SMILES string of the molecule is COc1ccccc1NCCC(=O)N1CCN(C/C=C/c2ccccc2)CC1. The maximum atomic E-state index is 12.5. The Hall–Kier alpha value is -2.79. The third kappa shape index (κ3) is 5.86. The van der Waals surface area contributed by atoms with Crippen molar-refractivity contribution in [2.75, 3.05) is 51.7 Å². The zero-order valence-corrected chi connectivity index (χ0v) is 16.5. The lowest BCUT2D eigenvalue weighted by Gasteiger charge is -2.34. The van der Waals surface area contributed by atoms with Gasteiger partial charge in [-0.05, 0) is 17.7 Å². The first-order chi connectivity index (χ1) is 13.8. The van der Waals surface area contributed by atoms with E-state index in [0.717, 1.165) is 44.2 Å². The minimum Gasteiger partial charge on any atom is -0.495 e. The number of carbonyl (C=O) groups is 1. The van der Waals surface area contributed by atoms with Crippen LogP contribution in [0.25, 0.3) is 6.08 Å². The highest BCUT2D eigenvalue weighted by Gasteiger charge is 2.20. The van der Waals surface area contributed by atoms with Gasteiger partial charge >= 0.3 is 0 Å². The van der Waals surface area contributed by atoms with Crippen LogP contribution in [0.1, 0.15) is 12.0 Å². The molecule has 0 spiro atoms. The number of hydrogen-bond donors (Lipinski definition) is 1. The Morgan fingerprint density at radius 1 is 1.04 bits per heavy atom. The molecule has 1 aliphatic heterocycles. The normalized spacial score (nSPS) is 15.0. The molecule has 0 aliphatic carbocycles. The molecule has 5 nitrogen and oxygen atoms in total. The number of methoxy groups -OCH3 is 1. The Bertz CT molecular complexity index is 768. The summed E-state index contributed by atoms with van der Waals surface area (Å²) < 4.78 is 5.32. The molecule has 0 unspecified atom stereocenters. The molecular weight excluding hydrogens is 350 g/mol. The third-order valence-corrected chi connectivity index (χ3v) is 4.96. The molecule has 0 atom stereocenters. The number of carbonyl (C=O) groups excluding carboxylic acids is 1. The number of benzene rings is 2. The van der Waals surface area contributed by atoms with Crippen LogP contribution < -0.4 is 10.1 Å². The van der Waals surface area contributed by atoms with Crippen molar-refractivity contribution >= 4 is 17.7 Å². The van der Waals surface area contributed by atoms with Crippen LogP contribution >= 0.6 is 0 Å². The monoisotopic (exact) mass is 379 g/mol. The lowest BCUT2D eigenvalue weighted by atomic mass is 10.2. The predicted octanol–water partition coefficient (Wildman–Crippen LogP) is 3.35. The summed E-state index contributed by atoms with van der Waals surface area (Å²) in [5.74, 6) is 1.01. The number of anilines is 1. The molecule has 5 heteroatoms. The molecule has 0 saturated carbocycles. The van der Waals surface area contributed by atoms with Crippen LogP contribution in [0.15, 0.2) is 60.7 Å². The second-order valence-electron chi connectivity index (χ2n) is 6.87. The van der Waals surface area contributed by atoms with Gasteiger partial charge in [0.25, 0.3) is 0 Å². The topological polar surface area (TPSA) is 44.8 Å². The second kappa shape index (κ2) is 10.5. The number of nitrogens with zero attached hydrogens (tertiary/aromatic N) is 2. The van der Waals surface area contributed by atoms with E-state index in [0.29, 0.717) is 13.0 Å². The van der Waals surface area contributed by atoms with E-state index in [1.54, 1.807) is 7.11 Å². The molecule has 1 aliphatic rings. The van der Waals surface area contributed by atoms with Crippen molar-refractivity contribution in [3.8, 4) is 5.75 Å². The van der Waals surface area contributed by atoms with E-state index in [9.17, 15) is 4.79 Å². The quantitative estimate of drug-likeness (QED) is 0.764. The average molecular weight is 380 g/mol. The summed E-state index contributed by atoms with van der Waals surface area (Å²) in [7, 11) is 1.65. The summed E-state index contributed by atoms with van der Waals surface area (Å²) in [6, 6.07) is 18.1. The Morgan fingerprint density at radius 2 is 1.75 bits per heavy atom. The molecule has 0 bridgehead atoms. The molecule has 2 aromatic rings. The maximum absolute atomic E-state index is 12.5. The first kappa shape index (κ1) is 20.0. The minimum atomic E-state index is 0.210. The number of ether oxygens (including phenoxy) is 1. The Kier molecular flexibility index (Phi) is 7.50. The van der Waals surface area contributed by atoms with Gasteiger partial charge < -0.3 is 15.0 Å². The Morgan fingerprint density at radius 3 is 2.50 bits per heavy atom. The molecule has 148 valence electrons. The van der Waals surface area contributed by atoms with E-state index < -0.39 is 0 Å². The first-order valence-electron chi connectivity index (χ1n) is 9.85. The highest BCUT2D eigenvalue weighted by atomic mass is 16.5. The Labute approximate surface area is 167 Å². The summed E-state index contributed by atoms with van der Waals surface area (Å²) in [4.78, 5) is 16.8. The number of para-hydroxylation sites is 2. The number of amides is 1. The van der Waals surface area contributed by atoms with Gasteiger partial charge in [0, 0.05) is 45.7 Å². The van der Waals surface area contributed by atoms with Gasteiger partial charge in [-0.3, -0.25) is 9.69 Å². The fraction of sp³-hybridized carbons (Fsp3) is 0.348. The van der Waals surface area contributed by atoms with Gasteiger partial charge in [-0.2, -0.15) is 0 Å². The smallest absolute Gasteiger partial charge is 0.224 e. The van der Waals surface area contributed by atoms with E-state index in [-0.39, 0.29) is 5.91 Å². The predicted molar refractivity (Wildman–Crippen MR) is 115 cm³/mol. The maximum Gasteiger partial charge on any atom is 0.224 e. The van der Waals surface area contributed by atoms with Gasteiger partial charge in [-0.25, -0.2) is 0 Å². The van der Waals surface area contributed by atoms with Crippen LogP contribution in [0.2, 0.25) is 0 Å². The zero-order valence-electron chi connectivity index (χ0n) is 16.5. The van der Waals surface area contributed by atoms with Gasteiger partial charge in [0.05, 0.1) is 12.8 Å². The Balaban J connectivity index is 1.36. The fourth-order valence-electron chi connectivity index (χ4n) is 3.33. The molecule has 1 N–H and O–H groups in total. The number of piperazine rings is 1. The average Bonchev–Trinajstić information content (AvgIpc) is 2.75. The second-order valence-corrected chi connectivity index (χ2v) is 6.87. The number of rotatable bonds is 8. The highest BCUT2D eigenvalue weighted by molar-refractivity contribution is 5.77.